The molecule has 1 amide bonds. The van der Waals surface area contributed by atoms with Crippen LogP contribution in [0.2, 0.25) is 4.34 Å². The van der Waals surface area contributed by atoms with Gasteiger partial charge in [0, 0.05) is 13.1 Å². The average Bonchev–Trinajstić information content (AvgIpc) is 3.19. The molecular formula is C12H12ClN3O4S2. The predicted molar refractivity (Wildman–Crippen MR) is 80.5 cm³/mol. The molecule has 10 heteroatoms. The van der Waals surface area contributed by atoms with Gasteiger partial charge in [-0.15, -0.1) is 16.4 Å². The van der Waals surface area contributed by atoms with E-state index in [4.69, 9.17) is 16.0 Å². The van der Waals surface area contributed by atoms with E-state index in [-0.39, 0.29) is 5.89 Å². The lowest BCUT2D eigenvalue weighted by atomic mass is 10.4. The van der Waals surface area contributed by atoms with E-state index in [2.05, 4.69) is 10.2 Å². The van der Waals surface area contributed by atoms with Gasteiger partial charge in [0.15, 0.2) is 0 Å². The summed E-state index contributed by atoms with van der Waals surface area (Å²) in [5, 5.41) is 6.70. The van der Waals surface area contributed by atoms with E-state index in [1.165, 1.54) is 16.2 Å². The second kappa shape index (κ2) is 5.98. The summed E-state index contributed by atoms with van der Waals surface area (Å²) in [5.41, 5.74) is 0. The second-order valence-corrected chi connectivity index (χ2v) is 8.41. The van der Waals surface area contributed by atoms with Crippen LogP contribution < -0.4 is 0 Å². The van der Waals surface area contributed by atoms with Gasteiger partial charge in [0.2, 0.25) is 15.7 Å². The fraction of sp³-hybridized carbons (Fsp3) is 0.417. The second-order valence-electron chi connectivity index (χ2n) is 4.82. The predicted octanol–water partition coefficient (Wildman–Crippen LogP) is 1.85. The van der Waals surface area contributed by atoms with E-state index >= 15 is 0 Å². The van der Waals surface area contributed by atoms with Crippen LogP contribution in [0.1, 0.15) is 12.8 Å². The Morgan fingerprint density at radius 3 is 2.68 bits per heavy atom. The number of hydrogen-bond donors (Lipinski definition) is 0. The minimum absolute atomic E-state index is 0.0732. The Bertz CT molecular complexity index is 793. The van der Waals surface area contributed by atoms with Crippen molar-refractivity contribution in [3.63, 3.8) is 0 Å². The lowest BCUT2D eigenvalue weighted by Gasteiger charge is -2.13. The molecule has 0 spiro atoms. The molecule has 2 aromatic heterocycles. The smallest absolute Gasteiger partial charge is 0.336 e. The maximum atomic E-state index is 12.2. The molecule has 0 bridgehead atoms. The third-order valence-electron chi connectivity index (χ3n) is 3.23. The molecule has 0 atom stereocenters. The molecule has 1 saturated heterocycles. The summed E-state index contributed by atoms with van der Waals surface area (Å²) < 4.78 is 30.1. The lowest BCUT2D eigenvalue weighted by Crippen LogP contribution is -2.33. The maximum Gasteiger partial charge on any atom is 0.336 e. The van der Waals surface area contributed by atoms with Crippen molar-refractivity contribution in [2.24, 2.45) is 0 Å². The van der Waals surface area contributed by atoms with Crippen molar-refractivity contribution in [3.05, 3.63) is 16.5 Å². The van der Waals surface area contributed by atoms with E-state index in [1.54, 1.807) is 12.1 Å². The molecule has 1 fully saturated rings. The molecule has 0 unspecified atom stereocenters. The Morgan fingerprint density at radius 1 is 1.32 bits per heavy atom. The van der Waals surface area contributed by atoms with Crippen molar-refractivity contribution in [2.75, 3.05) is 18.8 Å². The summed E-state index contributed by atoms with van der Waals surface area (Å²) in [6, 6.07) is 3.31. The van der Waals surface area contributed by atoms with E-state index in [1.807, 2.05) is 0 Å². The molecule has 0 N–H and O–H groups in total. The third-order valence-corrected chi connectivity index (χ3v) is 5.77. The minimum atomic E-state index is -3.94. The normalized spacial score (nSPS) is 15.4. The Balaban J connectivity index is 1.77. The molecule has 0 radical (unpaired) electrons. The van der Waals surface area contributed by atoms with Gasteiger partial charge < -0.3 is 9.32 Å². The first-order valence-corrected chi connectivity index (χ1v) is 9.40. The first kappa shape index (κ1) is 15.4. The topological polar surface area (TPSA) is 93.4 Å². The summed E-state index contributed by atoms with van der Waals surface area (Å²) in [5.74, 6) is -1.01. The van der Waals surface area contributed by atoms with Crippen LogP contribution >= 0.6 is 22.9 Å². The van der Waals surface area contributed by atoms with E-state index < -0.39 is 26.7 Å². The van der Waals surface area contributed by atoms with Crippen LogP contribution in [0.3, 0.4) is 0 Å². The third kappa shape index (κ3) is 3.16. The number of rotatable bonds is 4. The molecule has 3 rings (SSSR count). The van der Waals surface area contributed by atoms with Crippen LogP contribution in [0.5, 0.6) is 0 Å². The molecular weight excluding hydrogens is 350 g/mol. The molecule has 2 aromatic rings. The van der Waals surface area contributed by atoms with Gasteiger partial charge in [-0.25, -0.2) is 8.42 Å². The lowest BCUT2D eigenvalue weighted by molar-refractivity contribution is -0.127. The van der Waals surface area contributed by atoms with Crippen LogP contribution in [0, 0.1) is 0 Å². The summed E-state index contributed by atoms with van der Waals surface area (Å²) in [6.45, 7) is 1.19. The molecule has 7 nitrogen and oxygen atoms in total. The highest BCUT2D eigenvalue weighted by Crippen LogP contribution is 2.30. The van der Waals surface area contributed by atoms with Gasteiger partial charge in [-0.3, -0.25) is 4.79 Å². The van der Waals surface area contributed by atoms with Crippen molar-refractivity contribution in [1.29, 1.82) is 0 Å². The highest BCUT2D eigenvalue weighted by molar-refractivity contribution is 7.91. The summed E-state index contributed by atoms with van der Waals surface area (Å²) in [7, 11) is -3.94. The first-order chi connectivity index (χ1) is 10.5. The van der Waals surface area contributed by atoms with Gasteiger partial charge in [0.05, 0.1) is 9.21 Å². The van der Waals surface area contributed by atoms with Crippen LogP contribution in [0.4, 0.5) is 0 Å². The molecule has 3 heterocycles. The number of likely N-dealkylation sites (tertiary alicyclic amines) is 1. The van der Waals surface area contributed by atoms with Crippen LogP contribution in [0.25, 0.3) is 10.8 Å². The number of carbonyl (C=O) groups is 1. The fourth-order valence-electron chi connectivity index (χ4n) is 2.15. The van der Waals surface area contributed by atoms with Crippen LogP contribution in [-0.4, -0.2) is 48.3 Å². The summed E-state index contributed by atoms with van der Waals surface area (Å²) >= 11 is 7.01. The zero-order chi connectivity index (χ0) is 15.7. The number of halogens is 1. The van der Waals surface area contributed by atoms with Crippen LogP contribution in [-0.2, 0) is 14.6 Å². The number of nitrogens with zero attached hydrogens (tertiary/aromatic N) is 3. The Morgan fingerprint density at radius 2 is 2.05 bits per heavy atom. The number of hydrogen-bond acceptors (Lipinski definition) is 7. The molecule has 1 aliphatic rings. The number of aromatic nitrogens is 2. The van der Waals surface area contributed by atoms with E-state index in [0.717, 1.165) is 12.8 Å². The molecule has 118 valence electrons. The summed E-state index contributed by atoms with van der Waals surface area (Å²) in [4.78, 5) is 14.1. The number of sulfone groups is 1. The summed E-state index contributed by atoms with van der Waals surface area (Å²) in [6.07, 6.45) is 1.80. The standard InChI is InChI=1S/C12H12ClN3O4S2/c13-9-4-3-8(21-9)11-14-15-12(20-11)22(18,19)7-10(17)16-5-1-2-6-16/h3-4H,1-2,5-7H2. The van der Waals surface area contributed by atoms with Gasteiger partial charge in [0.25, 0.3) is 5.89 Å². The largest absolute Gasteiger partial charge is 0.407 e. The van der Waals surface area contributed by atoms with E-state index in [9.17, 15) is 13.2 Å². The van der Waals surface area contributed by atoms with Gasteiger partial charge >= 0.3 is 5.22 Å². The van der Waals surface area contributed by atoms with E-state index in [0.29, 0.717) is 22.3 Å². The zero-order valence-corrected chi connectivity index (χ0v) is 13.7. The first-order valence-electron chi connectivity index (χ1n) is 6.55. The minimum Gasteiger partial charge on any atom is -0.407 e. The highest BCUT2D eigenvalue weighted by Gasteiger charge is 2.29. The Labute approximate surface area is 135 Å². The van der Waals surface area contributed by atoms with Crippen LogP contribution in [0.15, 0.2) is 21.8 Å². The number of carbonyl (C=O) groups excluding carboxylic acids is 1. The van der Waals surface area contributed by atoms with Gasteiger partial charge in [-0.1, -0.05) is 16.7 Å². The monoisotopic (exact) mass is 361 g/mol. The fourth-order valence-corrected chi connectivity index (χ4v) is 4.11. The van der Waals surface area contributed by atoms with Crippen molar-refractivity contribution < 1.29 is 17.6 Å². The molecule has 22 heavy (non-hydrogen) atoms. The average molecular weight is 362 g/mol. The molecule has 0 saturated carbocycles. The number of amides is 1. The Kier molecular flexibility index (Phi) is 4.20. The molecule has 1 aliphatic heterocycles. The zero-order valence-electron chi connectivity index (χ0n) is 11.4. The van der Waals surface area contributed by atoms with Crippen molar-refractivity contribution >= 4 is 38.7 Å². The maximum absolute atomic E-state index is 12.2. The Hall–Kier alpha value is -1.45. The SMILES string of the molecule is O=C(CS(=O)(=O)c1nnc(-c2ccc(Cl)s2)o1)N1CCCC1. The number of thiophene rings is 1. The van der Waals surface area contributed by atoms with Crippen molar-refractivity contribution in [1.82, 2.24) is 15.1 Å². The van der Waals surface area contributed by atoms with Gasteiger partial charge in [-0.2, -0.15) is 0 Å². The molecule has 0 aliphatic carbocycles. The van der Waals surface area contributed by atoms with Crippen molar-refractivity contribution in [2.45, 2.75) is 18.1 Å². The van der Waals surface area contributed by atoms with Gasteiger partial charge in [-0.05, 0) is 25.0 Å². The highest BCUT2D eigenvalue weighted by atomic mass is 35.5. The quantitative estimate of drug-likeness (QED) is 0.824. The molecule has 0 aromatic carbocycles. The van der Waals surface area contributed by atoms with Crippen molar-refractivity contribution in [3.8, 4) is 10.8 Å². The van der Waals surface area contributed by atoms with Gasteiger partial charge in [0.1, 0.15) is 5.75 Å².